The number of rotatable bonds is 0. The number of benzene rings is 1. The lowest BCUT2D eigenvalue weighted by Crippen LogP contribution is -2.28. The van der Waals surface area contributed by atoms with Gasteiger partial charge in [-0.3, -0.25) is 0 Å². The van der Waals surface area contributed by atoms with Crippen LogP contribution in [0.3, 0.4) is 0 Å². The first-order valence-corrected chi connectivity index (χ1v) is 4.34. The van der Waals surface area contributed by atoms with E-state index in [4.69, 9.17) is 23.2 Å². The average molecular weight is 187 g/mol. The molecule has 0 heterocycles. The van der Waals surface area contributed by atoms with Crippen molar-refractivity contribution in [2.75, 3.05) is 0 Å². The minimum Gasteiger partial charge on any atom is -0.0959 e. The van der Waals surface area contributed by atoms with Gasteiger partial charge in [0.15, 0.2) is 0 Å². The third-order valence-electron chi connectivity index (χ3n) is 2.14. The molecule has 58 valence electrons. The van der Waals surface area contributed by atoms with Crippen LogP contribution in [0, 0.1) is 6.92 Å². The summed E-state index contributed by atoms with van der Waals surface area (Å²) in [4.78, 5) is 0. The van der Waals surface area contributed by atoms with Crippen LogP contribution in [-0.4, -0.2) is 0 Å². The molecule has 0 bridgehead atoms. The molecule has 1 aromatic rings. The maximum Gasteiger partial charge on any atom is 0.147 e. The zero-order valence-corrected chi connectivity index (χ0v) is 7.71. The molecule has 1 aliphatic carbocycles. The first-order chi connectivity index (χ1) is 5.11. The molecule has 0 unspecified atom stereocenters. The highest BCUT2D eigenvalue weighted by Gasteiger charge is 2.39. The lowest BCUT2D eigenvalue weighted by molar-refractivity contribution is 0.720. The molecule has 1 aliphatic rings. The molecule has 0 amide bonds. The summed E-state index contributed by atoms with van der Waals surface area (Å²) in [6, 6.07) is 6.15. The van der Waals surface area contributed by atoms with Crippen LogP contribution in [-0.2, 0) is 10.8 Å². The largest absolute Gasteiger partial charge is 0.147 e. The van der Waals surface area contributed by atoms with E-state index in [0.717, 1.165) is 12.0 Å². The first kappa shape index (κ1) is 7.45. The van der Waals surface area contributed by atoms with E-state index in [9.17, 15) is 0 Å². The van der Waals surface area contributed by atoms with E-state index in [-0.39, 0.29) is 0 Å². The van der Waals surface area contributed by atoms with Gasteiger partial charge >= 0.3 is 0 Å². The van der Waals surface area contributed by atoms with E-state index in [2.05, 4.69) is 6.07 Å². The van der Waals surface area contributed by atoms with Gasteiger partial charge in [-0.25, -0.2) is 0 Å². The monoisotopic (exact) mass is 186 g/mol. The molecule has 0 N–H and O–H groups in total. The fraction of sp³-hybridized carbons (Fsp3) is 0.333. The summed E-state index contributed by atoms with van der Waals surface area (Å²) in [5, 5.41) is 0. The zero-order chi connectivity index (χ0) is 8.06. The van der Waals surface area contributed by atoms with Crippen molar-refractivity contribution in [3.8, 4) is 0 Å². The van der Waals surface area contributed by atoms with Crippen molar-refractivity contribution in [2.45, 2.75) is 17.7 Å². The Bertz CT molecular complexity index is 288. The van der Waals surface area contributed by atoms with Crippen LogP contribution in [0.2, 0.25) is 0 Å². The highest BCUT2D eigenvalue weighted by molar-refractivity contribution is 6.49. The summed E-state index contributed by atoms with van der Waals surface area (Å²) >= 11 is 12.0. The normalized spacial score (nSPS) is 18.8. The predicted octanol–water partition coefficient (Wildman–Crippen LogP) is 3.18. The number of aryl methyl sites for hydroxylation is 1. The number of hydrogen-bond donors (Lipinski definition) is 0. The van der Waals surface area contributed by atoms with Crippen molar-refractivity contribution < 1.29 is 0 Å². The Labute approximate surface area is 76.1 Å². The van der Waals surface area contributed by atoms with Gasteiger partial charge in [-0.05, 0) is 23.6 Å². The highest BCUT2D eigenvalue weighted by Crippen LogP contribution is 2.49. The Balaban J connectivity index is 2.60. The SMILES string of the molecule is Cc1cccc2c1C(Cl)(Cl)C2. The molecule has 0 atom stereocenters. The van der Waals surface area contributed by atoms with Crippen LogP contribution in [0.25, 0.3) is 0 Å². The quantitative estimate of drug-likeness (QED) is 0.547. The van der Waals surface area contributed by atoms with Crippen LogP contribution in [0.5, 0.6) is 0 Å². The molecule has 0 radical (unpaired) electrons. The van der Waals surface area contributed by atoms with Crippen molar-refractivity contribution in [2.24, 2.45) is 0 Å². The van der Waals surface area contributed by atoms with Crippen molar-refractivity contribution in [1.29, 1.82) is 0 Å². The molecule has 0 aromatic heterocycles. The lowest BCUT2D eigenvalue weighted by Gasteiger charge is -2.34. The van der Waals surface area contributed by atoms with Gasteiger partial charge < -0.3 is 0 Å². The smallest absolute Gasteiger partial charge is 0.0959 e. The third-order valence-corrected chi connectivity index (χ3v) is 2.78. The molecule has 2 heteroatoms. The van der Waals surface area contributed by atoms with Gasteiger partial charge in [0.2, 0.25) is 0 Å². The van der Waals surface area contributed by atoms with Crippen LogP contribution >= 0.6 is 23.2 Å². The second-order valence-electron chi connectivity index (χ2n) is 2.99. The molecule has 0 aliphatic heterocycles. The van der Waals surface area contributed by atoms with Crippen LogP contribution in [0.1, 0.15) is 16.7 Å². The molecule has 2 rings (SSSR count). The summed E-state index contributed by atoms with van der Waals surface area (Å²) in [6.45, 7) is 2.04. The average Bonchev–Trinajstić information content (AvgIpc) is 1.84. The van der Waals surface area contributed by atoms with Crippen LogP contribution < -0.4 is 0 Å². The second-order valence-corrected chi connectivity index (χ2v) is 4.47. The maximum atomic E-state index is 6.01. The van der Waals surface area contributed by atoms with Crippen molar-refractivity contribution in [1.82, 2.24) is 0 Å². The number of alkyl halides is 2. The summed E-state index contributed by atoms with van der Waals surface area (Å²) in [6.07, 6.45) is 0.785. The second kappa shape index (κ2) is 2.15. The Hall–Kier alpha value is -0.200. The summed E-state index contributed by atoms with van der Waals surface area (Å²) in [7, 11) is 0. The van der Waals surface area contributed by atoms with Gasteiger partial charge in [0.05, 0.1) is 0 Å². The molecule has 0 saturated heterocycles. The topological polar surface area (TPSA) is 0 Å². The molecule has 0 spiro atoms. The van der Waals surface area contributed by atoms with Crippen molar-refractivity contribution >= 4 is 23.2 Å². The lowest BCUT2D eigenvalue weighted by atomic mass is 9.84. The fourth-order valence-electron chi connectivity index (χ4n) is 1.62. The molecule has 1 aromatic carbocycles. The van der Waals surface area contributed by atoms with Gasteiger partial charge in [-0.1, -0.05) is 41.4 Å². The van der Waals surface area contributed by atoms with Gasteiger partial charge in [0, 0.05) is 6.42 Å². The Kier molecular flexibility index (Phi) is 1.45. The highest BCUT2D eigenvalue weighted by atomic mass is 35.5. The van der Waals surface area contributed by atoms with E-state index in [1.807, 2.05) is 19.1 Å². The summed E-state index contributed by atoms with van der Waals surface area (Å²) in [5.74, 6) is 0. The van der Waals surface area contributed by atoms with Gasteiger partial charge in [-0.15, -0.1) is 0 Å². The van der Waals surface area contributed by atoms with Crippen molar-refractivity contribution in [3.05, 3.63) is 34.9 Å². The van der Waals surface area contributed by atoms with E-state index < -0.39 is 4.33 Å². The predicted molar refractivity (Wildman–Crippen MR) is 48.3 cm³/mol. The van der Waals surface area contributed by atoms with Gasteiger partial charge in [0.25, 0.3) is 0 Å². The molecule has 0 nitrogen and oxygen atoms in total. The standard InChI is InChI=1S/C9H8Cl2/c1-6-3-2-4-7-5-9(10,11)8(6)7/h2-4H,5H2,1H3. The fourth-order valence-corrected chi connectivity index (χ4v) is 2.45. The van der Waals surface area contributed by atoms with Crippen LogP contribution in [0.4, 0.5) is 0 Å². The minimum absolute atomic E-state index is 0.610. The summed E-state index contributed by atoms with van der Waals surface area (Å²) < 4.78 is -0.610. The first-order valence-electron chi connectivity index (χ1n) is 3.58. The minimum atomic E-state index is -0.610. The Morgan fingerprint density at radius 3 is 2.55 bits per heavy atom. The molecular formula is C9H8Cl2. The van der Waals surface area contributed by atoms with E-state index in [0.29, 0.717) is 0 Å². The van der Waals surface area contributed by atoms with Crippen LogP contribution in [0.15, 0.2) is 18.2 Å². The van der Waals surface area contributed by atoms with E-state index >= 15 is 0 Å². The Morgan fingerprint density at radius 2 is 2.09 bits per heavy atom. The number of fused-ring (bicyclic) bond motifs is 1. The van der Waals surface area contributed by atoms with Gasteiger partial charge in [-0.2, -0.15) is 0 Å². The van der Waals surface area contributed by atoms with E-state index in [1.54, 1.807) is 0 Å². The molecule has 0 saturated carbocycles. The summed E-state index contributed by atoms with van der Waals surface area (Å²) in [5.41, 5.74) is 3.59. The van der Waals surface area contributed by atoms with E-state index in [1.165, 1.54) is 11.1 Å². The molecule has 11 heavy (non-hydrogen) atoms. The molecular weight excluding hydrogens is 179 g/mol. The zero-order valence-electron chi connectivity index (χ0n) is 6.20. The number of hydrogen-bond acceptors (Lipinski definition) is 0. The molecule has 0 fully saturated rings. The maximum absolute atomic E-state index is 6.01. The Morgan fingerprint density at radius 1 is 1.36 bits per heavy atom. The number of halogens is 2. The third kappa shape index (κ3) is 0.969. The van der Waals surface area contributed by atoms with Crippen molar-refractivity contribution in [3.63, 3.8) is 0 Å². The van der Waals surface area contributed by atoms with Gasteiger partial charge in [0.1, 0.15) is 4.33 Å².